The van der Waals surface area contributed by atoms with E-state index >= 15 is 0 Å². The maximum absolute atomic E-state index is 5.88. The minimum Gasteiger partial charge on any atom is -0.398 e. The molecule has 0 aliphatic rings. The fourth-order valence-electron chi connectivity index (χ4n) is 1.34. The van der Waals surface area contributed by atoms with Crippen molar-refractivity contribution in [3.8, 4) is 0 Å². The minimum atomic E-state index is 0.870. The zero-order chi connectivity index (χ0) is 9.42. The van der Waals surface area contributed by atoms with E-state index in [1.54, 1.807) is 0 Å². The summed E-state index contributed by atoms with van der Waals surface area (Å²) < 4.78 is 2.40. The summed E-state index contributed by atoms with van der Waals surface area (Å²) in [6, 6.07) is 6.13. The molecule has 0 atom stereocenters. The van der Waals surface area contributed by atoms with Gasteiger partial charge in [0.15, 0.2) is 0 Å². The van der Waals surface area contributed by atoms with E-state index in [1.165, 1.54) is 15.0 Å². The molecule has 2 rings (SSSR count). The number of nitrogens with two attached hydrogens (primary N) is 1. The Kier molecular flexibility index (Phi) is 2.30. The van der Waals surface area contributed by atoms with Crippen LogP contribution >= 0.6 is 27.3 Å². The first-order valence-electron chi connectivity index (χ1n) is 4.18. The SMILES string of the molecule is CCc1cc2c(N)ccc(Br)c2s1. The number of nitrogen functional groups attached to an aromatic ring is 1. The Hall–Kier alpha value is -0.540. The zero-order valence-corrected chi connectivity index (χ0v) is 9.71. The second-order valence-corrected chi connectivity index (χ2v) is 4.94. The first-order chi connectivity index (χ1) is 6.22. The normalized spacial score (nSPS) is 10.9. The van der Waals surface area contributed by atoms with Crippen LogP contribution < -0.4 is 5.73 Å². The summed E-state index contributed by atoms with van der Waals surface area (Å²) in [5.41, 5.74) is 6.75. The van der Waals surface area contributed by atoms with Gasteiger partial charge in [-0.25, -0.2) is 0 Å². The second-order valence-electron chi connectivity index (χ2n) is 2.95. The Bertz CT molecular complexity index is 408. The van der Waals surface area contributed by atoms with Gasteiger partial charge in [0.1, 0.15) is 0 Å². The minimum absolute atomic E-state index is 0.870. The van der Waals surface area contributed by atoms with Crippen LogP contribution in [-0.2, 0) is 6.42 Å². The number of fused-ring (bicyclic) bond motifs is 1. The standard InChI is InChI=1S/C10H10BrNS/c1-2-6-5-7-9(12)4-3-8(11)10(7)13-6/h3-5H,2,12H2,1H3. The lowest BCUT2D eigenvalue weighted by Gasteiger charge is -1.96. The number of halogens is 1. The van der Waals surface area contributed by atoms with Crippen LogP contribution in [0.3, 0.4) is 0 Å². The number of aryl methyl sites for hydroxylation is 1. The topological polar surface area (TPSA) is 26.0 Å². The summed E-state index contributed by atoms with van der Waals surface area (Å²) in [5.74, 6) is 0. The van der Waals surface area contributed by atoms with Crippen molar-refractivity contribution < 1.29 is 0 Å². The summed E-state index contributed by atoms with van der Waals surface area (Å²) >= 11 is 5.34. The molecule has 0 saturated heterocycles. The molecule has 2 aromatic rings. The molecule has 1 nitrogen and oxygen atoms in total. The van der Waals surface area contributed by atoms with E-state index in [0.717, 1.165) is 16.6 Å². The maximum Gasteiger partial charge on any atom is 0.0508 e. The predicted molar refractivity (Wildman–Crippen MR) is 63.3 cm³/mol. The molecule has 1 heterocycles. The molecule has 1 aromatic carbocycles. The van der Waals surface area contributed by atoms with Crippen molar-refractivity contribution in [2.75, 3.05) is 5.73 Å². The first kappa shape index (κ1) is 9.03. The van der Waals surface area contributed by atoms with Gasteiger partial charge in [-0.1, -0.05) is 6.92 Å². The van der Waals surface area contributed by atoms with Crippen LogP contribution in [0.1, 0.15) is 11.8 Å². The monoisotopic (exact) mass is 255 g/mol. The average Bonchev–Trinajstić information content (AvgIpc) is 2.56. The Balaban J connectivity index is 2.80. The van der Waals surface area contributed by atoms with Crippen molar-refractivity contribution in [1.29, 1.82) is 0 Å². The second kappa shape index (κ2) is 3.31. The van der Waals surface area contributed by atoms with Gasteiger partial charge in [-0.2, -0.15) is 0 Å². The summed E-state index contributed by atoms with van der Waals surface area (Å²) in [4.78, 5) is 1.38. The van der Waals surface area contributed by atoms with Gasteiger partial charge in [0.25, 0.3) is 0 Å². The van der Waals surface area contributed by atoms with Crippen molar-refractivity contribution in [3.63, 3.8) is 0 Å². The van der Waals surface area contributed by atoms with Crippen LogP contribution in [0, 0.1) is 0 Å². The van der Waals surface area contributed by atoms with Crippen LogP contribution in [0.2, 0.25) is 0 Å². The molecule has 0 aliphatic heterocycles. The number of hydrogen-bond acceptors (Lipinski definition) is 2. The van der Waals surface area contributed by atoms with Crippen molar-refractivity contribution in [3.05, 3.63) is 27.5 Å². The van der Waals surface area contributed by atoms with Gasteiger partial charge >= 0.3 is 0 Å². The highest BCUT2D eigenvalue weighted by atomic mass is 79.9. The lowest BCUT2D eigenvalue weighted by atomic mass is 10.2. The molecule has 0 unspecified atom stereocenters. The predicted octanol–water partition coefficient (Wildman–Crippen LogP) is 3.81. The van der Waals surface area contributed by atoms with Crippen LogP contribution in [0.25, 0.3) is 10.1 Å². The molecule has 1 aromatic heterocycles. The van der Waals surface area contributed by atoms with E-state index in [0.29, 0.717) is 0 Å². The van der Waals surface area contributed by atoms with Gasteiger partial charge in [-0.15, -0.1) is 11.3 Å². The molecule has 0 saturated carbocycles. The van der Waals surface area contributed by atoms with Crippen LogP contribution in [-0.4, -0.2) is 0 Å². The van der Waals surface area contributed by atoms with Gasteiger partial charge in [0, 0.05) is 20.4 Å². The molecule has 0 radical (unpaired) electrons. The molecule has 0 spiro atoms. The Morgan fingerprint density at radius 1 is 1.46 bits per heavy atom. The largest absolute Gasteiger partial charge is 0.398 e. The molecule has 0 bridgehead atoms. The molecular weight excluding hydrogens is 246 g/mol. The van der Waals surface area contributed by atoms with Gasteiger partial charge in [0.2, 0.25) is 0 Å². The van der Waals surface area contributed by atoms with E-state index in [9.17, 15) is 0 Å². The smallest absolute Gasteiger partial charge is 0.0508 e. The quantitative estimate of drug-likeness (QED) is 0.771. The van der Waals surface area contributed by atoms with Crippen LogP contribution in [0.15, 0.2) is 22.7 Å². The molecule has 2 N–H and O–H groups in total. The third-order valence-corrected chi connectivity index (χ3v) is 4.30. The molecule has 0 aliphatic carbocycles. The maximum atomic E-state index is 5.88. The van der Waals surface area contributed by atoms with Gasteiger partial charge in [-0.3, -0.25) is 0 Å². The Labute approximate surface area is 89.7 Å². The fraction of sp³-hybridized carbons (Fsp3) is 0.200. The molecule has 3 heteroatoms. The van der Waals surface area contributed by atoms with E-state index in [1.807, 2.05) is 23.5 Å². The van der Waals surface area contributed by atoms with Gasteiger partial charge in [0.05, 0.1) is 4.70 Å². The average molecular weight is 256 g/mol. The number of hydrogen-bond donors (Lipinski definition) is 1. The van der Waals surface area contributed by atoms with Crippen molar-refractivity contribution in [2.45, 2.75) is 13.3 Å². The summed E-state index contributed by atoms with van der Waals surface area (Å²) in [7, 11) is 0. The van der Waals surface area contributed by atoms with E-state index < -0.39 is 0 Å². The van der Waals surface area contributed by atoms with Crippen molar-refractivity contribution in [1.82, 2.24) is 0 Å². The van der Waals surface area contributed by atoms with Crippen molar-refractivity contribution >= 4 is 43.0 Å². The highest BCUT2D eigenvalue weighted by Crippen LogP contribution is 2.35. The van der Waals surface area contributed by atoms with Gasteiger partial charge < -0.3 is 5.73 Å². The summed E-state index contributed by atoms with van der Waals surface area (Å²) in [6.07, 6.45) is 1.07. The van der Waals surface area contributed by atoms with Crippen LogP contribution in [0.4, 0.5) is 5.69 Å². The molecular formula is C10H10BrNS. The van der Waals surface area contributed by atoms with E-state index in [4.69, 9.17) is 5.73 Å². The molecule has 68 valence electrons. The summed E-state index contributed by atoms with van der Waals surface area (Å²) in [5, 5.41) is 1.18. The summed E-state index contributed by atoms with van der Waals surface area (Å²) in [6.45, 7) is 2.16. The number of anilines is 1. The Morgan fingerprint density at radius 2 is 2.23 bits per heavy atom. The highest BCUT2D eigenvalue weighted by Gasteiger charge is 2.06. The van der Waals surface area contributed by atoms with Gasteiger partial charge in [-0.05, 0) is 40.5 Å². The van der Waals surface area contributed by atoms with Crippen molar-refractivity contribution in [2.24, 2.45) is 0 Å². The number of benzene rings is 1. The highest BCUT2D eigenvalue weighted by molar-refractivity contribution is 9.10. The molecule has 0 fully saturated rings. The number of rotatable bonds is 1. The van der Waals surface area contributed by atoms with E-state index in [-0.39, 0.29) is 0 Å². The fourth-order valence-corrected chi connectivity index (χ4v) is 2.96. The lowest BCUT2D eigenvalue weighted by molar-refractivity contribution is 1.19. The first-order valence-corrected chi connectivity index (χ1v) is 5.79. The third-order valence-electron chi connectivity index (χ3n) is 2.07. The number of thiophene rings is 1. The lowest BCUT2D eigenvalue weighted by Crippen LogP contribution is -1.83. The Morgan fingerprint density at radius 3 is 2.85 bits per heavy atom. The van der Waals surface area contributed by atoms with Crippen LogP contribution in [0.5, 0.6) is 0 Å². The zero-order valence-electron chi connectivity index (χ0n) is 7.30. The molecule has 0 amide bonds. The van der Waals surface area contributed by atoms with E-state index in [2.05, 4.69) is 28.9 Å². The third kappa shape index (κ3) is 1.46. The molecule has 13 heavy (non-hydrogen) atoms.